The monoisotopic (exact) mass is 276 g/mol. The van der Waals surface area contributed by atoms with Crippen LogP contribution in [0.2, 0.25) is 0 Å². The molecule has 0 radical (unpaired) electrons. The molecule has 0 aliphatic heterocycles. The number of carbonyl (C=O) groups excluding carboxylic acids is 1. The van der Waals surface area contributed by atoms with Gasteiger partial charge >= 0.3 is 0 Å². The third-order valence-corrected chi connectivity index (χ3v) is 2.98. The molecule has 1 heterocycles. The maximum Gasteiger partial charge on any atom is 0.257 e. The van der Waals surface area contributed by atoms with Crippen molar-refractivity contribution in [2.75, 3.05) is 17.2 Å². The van der Waals surface area contributed by atoms with E-state index in [2.05, 4.69) is 20.8 Å². The van der Waals surface area contributed by atoms with E-state index >= 15 is 0 Å². The van der Waals surface area contributed by atoms with Crippen molar-refractivity contribution in [3.8, 4) is 0 Å². The Balaban J connectivity index is 2.32. The average Bonchev–Trinajstić information content (AvgIpc) is 2.73. The summed E-state index contributed by atoms with van der Waals surface area (Å²) in [5, 5.41) is 12.4. The average molecular weight is 276 g/mol. The highest BCUT2D eigenvalue weighted by Gasteiger charge is 2.17. The number of hydrogen-bond acceptors (Lipinski definition) is 3. The summed E-state index contributed by atoms with van der Waals surface area (Å²) in [7, 11) is 0. The van der Waals surface area contributed by atoms with Gasteiger partial charge in [0.25, 0.3) is 5.91 Å². The first-order valence-electron chi connectivity index (χ1n) is 6.39. The number of para-hydroxylation sites is 1. The van der Waals surface area contributed by atoms with E-state index in [-0.39, 0.29) is 17.2 Å². The lowest BCUT2D eigenvalue weighted by Crippen LogP contribution is -2.16. The number of hydrogen-bond donors (Lipinski definition) is 3. The van der Waals surface area contributed by atoms with Crippen molar-refractivity contribution < 1.29 is 9.18 Å². The van der Waals surface area contributed by atoms with Crippen LogP contribution in [0.3, 0.4) is 0 Å². The minimum Gasteiger partial charge on any atom is -0.382 e. The van der Waals surface area contributed by atoms with Gasteiger partial charge in [-0.1, -0.05) is 6.07 Å². The molecule has 2 rings (SSSR count). The Bertz CT molecular complexity index is 617. The molecule has 0 aliphatic rings. The topological polar surface area (TPSA) is 69.8 Å². The maximum absolute atomic E-state index is 13.8. The summed E-state index contributed by atoms with van der Waals surface area (Å²) in [5.41, 5.74) is 2.56. The van der Waals surface area contributed by atoms with Gasteiger partial charge < -0.3 is 10.6 Å². The first-order chi connectivity index (χ1) is 9.54. The molecule has 0 spiro atoms. The molecule has 106 valence electrons. The van der Waals surface area contributed by atoms with Crippen molar-refractivity contribution >= 4 is 17.3 Å². The second kappa shape index (κ2) is 5.73. The van der Waals surface area contributed by atoms with Crippen molar-refractivity contribution in [3.63, 3.8) is 0 Å². The molecular formula is C14H17FN4O. The van der Waals surface area contributed by atoms with E-state index in [9.17, 15) is 9.18 Å². The summed E-state index contributed by atoms with van der Waals surface area (Å²) in [6.45, 7) is 5.98. The first-order valence-corrected chi connectivity index (χ1v) is 6.39. The second-order valence-electron chi connectivity index (χ2n) is 4.46. The standard InChI is InChI=1S/C14H17FN4O/c1-4-16-13-10(6-5-7-11(13)15)14(20)17-12-8(2)18-19-9(12)3/h5-7,16H,4H2,1-3H3,(H,17,20)(H,18,19). The molecule has 0 atom stereocenters. The molecule has 3 N–H and O–H groups in total. The van der Waals surface area contributed by atoms with Crippen LogP contribution in [0.1, 0.15) is 28.7 Å². The Kier molecular flexibility index (Phi) is 4.02. The lowest BCUT2D eigenvalue weighted by molar-refractivity contribution is 0.102. The second-order valence-corrected chi connectivity index (χ2v) is 4.46. The summed E-state index contributed by atoms with van der Waals surface area (Å²) in [4.78, 5) is 12.3. The molecule has 1 amide bonds. The molecule has 0 saturated heterocycles. The smallest absolute Gasteiger partial charge is 0.257 e. The van der Waals surface area contributed by atoms with Crippen LogP contribution < -0.4 is 10.6 Å². The molecule has 1 aromatic heterocycles. The Morgan fingerprint density at radius 1 is 1.35 bits per heavy atom. The minimum absolute atomic E-state index is 0.214. The number of nitrogens with one attached hydrogen (secondary N) is 3. The van der Waals surface area contributed by atoms with Gasteiger partial charge in [-0.25, -0.2) is 4.39 Å². The van der Waals surface area contributed by atoms with Crippen LogP contribution in [0.25, 0.3) is 0 Å². The Morgan fingerprint density at radius 2 is 2.10 bits per heavy atom. The van der Waals surface area contributed by atoms with Gasteiger partial charge in [0, 0.05) is 6.54 Å². The number of benzene rings is 1. The fourth-order valence-corrected chi connectivity index (χ4v) is 1.99. The minimum atomic E-state index is -0.444. The number of anilines is 2. The fourth-order valence-electron chi connectivity index (χ4n) is 1.99. The Morgan fingerprint density at radius 3 is 2.70 bits per heavy atom. The lowest BCUT2D eigenvalue weighted by atomic mass is 10.1. The largest absolute Gasteiger partial charge is 0.382 e. The van der Waals surface area contributed by atoms with Crippen molar-refractivity contribution in [1.29, 1.82) is 0 Å². The SMILES string of the molecule is CCNc1c(F)cccc1C(=O)Nc1c(C)n[nH]c1C. The highest BCUT2D eigenvalue weighted by Crippen LogP contribution is 2.23. The Hall–Kier alpha value is -2.37. The maximum atomic E-state index is 13.8. The number of nitrogens with zero attached hydrogens (tertiary/aromatic N) is 1. The van der Waals surface area contributed by atoms with Gasteiger partial charge in [0.1, 0.15) is 5.82 Å². The highest BCUT2D eigenvalue weighted by molar-refractivity contribution is 6.08. The number of aryl methyl sites for hydroxylation is 2. The molecule has 0 bridgehead atoms. The van der Waals surface area contributed by atoms with Crippen molar-refractivity contribution in [2.24, 2.45) is 0 Å². The van der Waals surface area contributed by atoms with Crippen LogP contribution in [0.4, 0.5) is 15.8 Å². The van der Waals surface area contributed by atoms with Crippen molar-refractivity contribution in [2.45, 2.75) is 20.8 Å². The lowest BCUT2D eigenvalue weighted by Gasteiger charge is -2.12. The zero-order valence-corrected chi connectivity index (χ0v) is 11.7. The third-order valence-electron chi connectivity index (χ3n) is 2.98. The number of H-pyrrole nitrogens is 1. The fraction of sp³-hybridized carbons (Fsp3) is 0.286. The number of aromatic nitrogens is 2. The van der Waals surface area contributed by atoms with E-state index in [1.807, 2.05) is 13.8 Å². The Labute approximate surface area is 116 Å². The zero-order valence-electron chi connectivity index (χ0n) is 11.7. The predicted molar refractivity (Wildman–Crippen MR) is 76.6 cm³/mol. The molecule has 20 heavy (non-hydrogen) atoms. The van der Waals surface area contributed by atoms with Crippen LogP contribution in [0, 0.1) is 19.7 Å². The number of halogens is 1. The normalized spacial score (nSPS) is 10.4. The van der Waals surface area contributed by atoms with E-state index < -0.39 is 5.82 Å². The summed E-state index contributed by atoms with van der Waals surface area (Å²) < 4.78 is 13.8. The van der Waals surface area contributed by atoms with Crippen LogP contribution >= 0.6 is 0 Å². The highest BCUT2D eigenvalue weighted by atomic mass is 19.1. The van der Waals surface area contributed by atoms with Crippen LogP contribution in [-0.4, -0.2) is 22.6 Å². The van der Waals surface area contributed by atoms with E-state index in [1.54, 1.807) is 13.0 Å². The van der Waals surface area contributed by atoms with Crippen molar-refractivity contribution in [3.05, 3.63) is 41.0 Å². The predicted octanol–water partition coefficient (Wildman–Crippen LogP) is 2.85. The quantitative estimate of drug-likeness (QED) is 0.804. The molecule has 5 nitrogen and oxygen atoms in total. The molecule has 0 aliphatic carbocycles. The van der Waals surface area contributed by atoms with Crippen LogP contribution in [0.15, 0.2) is 18.2 Å². The van der Waals surface area contributed by atoms with Gasteiger partial charge in [0.2, 0.25) is 0 Å². The van der Waals surface area contributed by atoms with Crippen molar-refractivity contribution in [1.82, 2.24) is 10.2 Å². The molecule has 2 aromatic rings. The van der Waals surface area contributed by atoms with E-state index in [0.717, 1.165) is 5.69 Å². The number of carbonyl (C=O) groups is 1. The summed E-state index contributed by atoms with van der Waals surface area (Å²) in [5.74, 6) is -0.812. The number of aromatic amines is 1. The van der Waals surface area contributed by atoms with Gasteiger partial charge in [-0.3, -0.25) is 9.89 Å². The van der Waals surface area contributed by atoms with Gasteiger partial charge in [-0.05, 0) is 32.9 Å². The van der Waals surface area contributed by atoms with Gasteiger partial charge in [-0.2, -0.15) is 5.10 Å². The molecule has 0 saturated carbocycles. The third kappa shape index (κ3) is 2.64. The van der Waals surface area contributed by atoms with E-state index in [0.29, 0.717) is 17.9 Å². The molecular weight excluding hydrogens is 259 g/mol. The number of rotatable bonds is 4. The van der Waals surface area contributed by atoms with Gasteiger partial charge in [0.15, 0.2) is 0 Å². The van der Waals surface area contributed by atoms with Crippen LogP contribution in [-0.2, 0) is 0 Å². The van der Waals surface area contributed by atoms with Gasteiger partial charge in [-0.15, -0.1) is 0 Å². The van der Waals surface area contributed by atoms with E-state index in [4.69, 9.17) is 0 Å². The first kappa shape index (κ1) is 14.0. The summed E-state index contributed by atoms with van der Waals surface area (Å²) in [6, 6.07) is 4.42. The summed E-state index contributed by atoms with van der Waals surface area (Å²) >= 11 is 0. The number of amides is 1. The van der Waals surface area contributed by atoms with E-state index in [1.165, 1.54) is 12.1 Å². The molecule has 0 unspecified atom stereocenters. The summed E-state index contributed by atoms with van der Waals surface area (Å²) in [6.07, 6.45) is 0. The van der Waals surface area contributed by atoms with Crippen LogP contribution in [0.5, 0.6) is 0 Å². The molecule has 6 heteroatoms. The zero-order chi connectivity index (χ0) is 14.7. The molecule has 0 fully saturated rings. The molecule has 1 aromatic carbocycles. The van der Waals surface area contributed by atoms with Gasteiger partial charge in [0.05, 0.1) is 28.3 Å².